The van der Waals surface area contributed by atoms with Crippen LogP contribution in [0.1, 0.15) is 49.7 Å². The maximum Gasteiger partial charge on any atom is 0.0312 e. The van der Waals surface area contributed by atoms with E-state index in [1.54, 1.807) is 0 Å². The van der Waals surface area contributed by atoms with E-state index in [-0.39, 0.29) is 0 Å². The van der Waals surface area contributed by atoms with Crippen LogP contribution in [-0.4, -0.2) is 46.7 Å². The van der Waals surface area contributed by atoms with Gasteiger partial charge in [-0.25, -0.2) is 0 Å². The molecule has 0 amide bonds. The van der Waals surface area contributed by atoms with Crippen LogP contribution in [0.2, 0.25) is 0 Å². The molecule has 1 aromatic carbocycles. The molecule has 0 N–H and O–H groups in total. The van der Waals surface area contributed by atoms with Gasteiger partial charge in [0.25, 0.3) is 0 Å². The van der Waals surface area contributed by atoms with Crippen LogP contribution in [0.15, 0.2) is 53.7 Å². The van der Waals surface area contributed by atoms with Crippen molar-refractivity contribution in [1.82, 2.24) is 14.8 Å². The van der Waals surface area contributed by atoms with Crippen molar-refractivity contribution >= 4 is 11.8 Å². The highest BCUT2D eigenvalue weighted by Gasteiger charge is 2.27. The lowest BCUT2D eigenvalue weighted by molar-refractivity contribution is 0.107. The molecule has 0 unspecified atom stereocenters. The maximum atomic E-state index is 4.33. The van der Waals surface area contributed by atoms with Gasteiger partial charge in [0.2, 0.25) is 0 Å². The van der Waals surface area contributed by atoms with E-state index in [9.17, 15) is 0 Å². The zero-order valence-electron chi connectivity index (χ0n) is 17.8. The summed E-state index contributed by atoms with van der Waals surface area (Å²) in [5.41, 5.74) is 2.73. The number of rotatable bonds is 8. The number of nitrogens with zero attached hydrogens (tertiary/aromatic N) is 3. The minimum atomic E-state index is 0.815. The van der Waals surface area contributed by atoms with Crippen LogP contribution in [0.4, 0.5) is 0 Å². The van der Waals surface area contributed by atoms with Crippen molar-refractivity contribution in [2.45, 2.75) is 62.6 Å². The Morgan fingerprint density at radius 2 is 1.69 bits per heavy atom. The van der Waals surface area contributed by atoms with Crippen LogP contribution >= 0.6 is 11.8 Å². The monoisotopic (exact) mass is 409 g/mol. The number of hydrogen-bond acceptors (Lipinski definition) is 4. The highest BCUT2D eigenvalue weighted by atomic mass is 32.2. The molecule has 1 saturated heterocycles. The quantitative estimate of drug-likeness (QED) is 0.539. The molecule has 1 aromatic heterocycles. The van der Waals surface area contributed by atoms with E-state index >= 15 is 0 Å². The number of pyridine rings is 1. The zero-order chi connectivity index (χ0) is 19.9. The van der Waals surface area contributed by atoms with E-state index in [1.165, 1.54) is 74.2 Å². The smallest absolute Gasteiger partial charge is 0.0312 e. The predicted molar refractivity (Wildman–Crippen MR) is 123 cm³/mol. The molecule has 0 spiro atoms. The van der Waals surface area contributed by atoms with Crippen molar-refractivity contribution in [2.75, 3.05) is 25.9 Å². The Bertz CT molecular complexity index is 719. The fourth-order valence-electron chi connectivity index (χ4n) is 5.06. The second kappa shape index (κ2) is 10.6. The first-order valence-electron chi connectivity index (χ1n) is 11.3. The average molecular weight is 410 g/mol. The van der Waals surface area contributed by atoms with E-state index in [2.05, 4.69) is 57.4 Å². The molecular weight excluding hydrogens is 374 g/mol. The molecule has 2 aromatic rings. The van der Waals surface area contributed by atoms with Gasteiger partial charge in [0, 0.05) is 43.0 Å². The predicted octanol–water partition coefficient (Wildman–Crippen LogP) is 5.46. The first-order valence-corrected chi connectivity index (χ1v) is 12.5. The zero-order valence-corrected chi connectivity index (χ0v) is 18.6. The van der Waals surface area contributed by atoms with Crippen LogP contribution in [0.3, 0.4) is 0 Å². The summed E-state index contributed by atoms with van der Waals surface area (Å²) in [6, 6.07) is 14.2. The SMILES string of the molecule is CSc1ccc(CN(Cc2cccnc2)CC2CCN(C3CCCC3)CC2)cc1. The summed E-state index contributed by atoms with van der Waals surface area (Å²) in [5.74, 6) is 0.815. The van der Waals surface area contributed by atoms with E-state index in [1.807, 2.05) is 24.2 Å². The molecule has 3 nitrogen and oxygen atoms in total. The van der Waals surface area contributed by atoms with E-state index in [4.69, 9.17) is 0 Å². The lowest BCUT2D eigenvalue weighted by Crippen LogP contribution is -2.42. The van der Waals surface area contributed by atoms with Crippen molar-refractivity contribution in [3.8, 4) is 0 Å². The third-order valence-electron chi connectivity index (χ3n) is 6.70. The van der Waals surface area contributed by atoms with Gasteiger partial charge in [-0.3, -0.25) is 9.88 Å². The van der Waals surface area contributed by atoms with Gasteiger partial charge in [-0.1, -0.05) is 31.0 Å². The summed E-state index contributed by atoms with van der Waals surface area (Å²) in [4.78, 5) is 11.1. The second-order valence-corrected chi connectivity index (χ2v) is 9.68. The Morgan fingerprint density at radius 1 is 0.966 bits per heavy atom. The van der Waals surface area contributed by atoms with Crippen molar-refractivity contribution in [3.63, 3.8) is 0 Å². The lowest BCUT2D eigenvalue weighted by atomic mass is 9.94. The molecule has 2 heterocycles. The Morgan fingerprint density at radius 3 is 2.34 bits per heavy atom. The Kier molecular flexibility index (Phi) is 7.64. The van der Waals surface area contributed by atoms with Crippen LogP contribution in [0, 0.1) is 5.92 Å². The van der Waals surface area contributed by atoms with Gasteiger partial charge in [0.15, 0.2) is 0 Å². The minimum absolute atomic E-state index is 0.815. The third-order valence-corrected chi connectivity index (χ3v) is 7.44. The largest absolute Gasteiger partial charge is 0.300 e. The molecule has 29 heavy (non-hydrogen) atoms. The van der Waals surface area contributed by atoms with Crippen LogP contribution in [-0.2, 0) is 13.1 Å². The topological polar surface area (TPSA) is 19.4 Å². The minimum Gasteiger partial charge on any atom is -0.300 e. The van der Waals surface area contributed by atoms with Gasteiger partial charge < -0.3 is 4.90 Å². The van der Waals surface area contributed by atoms with Crippen LogP contribution in [0.25, 0.3) is 0 Å². The average Bonchev–Trinajstić information content (AvgIpc) is 3.30. The number of aromatic nitrogens is 1. The van der Waals surface area contributed by atoms with E-state index in [0.29, 0.717) is 0 Å². The molecule has 1 saturated carbocycles. The highest BCUT2D eigenvalue weighted by molar-refractivity contribution is 7.98. The molecule has 0 atom stereocenters. The standard InChI is InChI=1S/C25H35N3S/c1-29-25-10-8-21(9-11-25)18-27(20-23-5-4-14-26-17-23)19-22-12-15-28(16-13-22)24-6-2-3-7-24/h4-5,8-11,14,17,22,24H,2-3,6-7,12-13,15-16,18-20H2,1H3. The molecule has 156 valence electrons. The molecular formula is C25H35N3S. The van der Waals surface area contributed by atoms with Gasteiger partial charge in [-0.2, -0.15) is 0 Å². The summed E-state index contributed by atoms with van der Waals surface area (Å²) >= 11 is 1.81. The Hall–Kier alpha value is -1.36. The van der Waals surface area contributed by atoms with Crippen molar-refractivity contribution in [1.29, 1.82) is 0 Å². The number of benzene rings is 1. The summed E-state index contributed by atoms with van der Waals surface area (Å²) < 4.78 is 0. The van der Waals surface area contributed by atoms with Crippen molar-refractivity contribution in [3.05, 3.63) is 59.9 Å². The highest BCUT2D eigenvalue weighted by Crippen LogP contribution is 2.28. The summed E-state index contributed by atoms with van der Waals surface area (Å²) in [6.07, 6.45) is 14.5. The van der Waals surface area contributed by atoms with Crippen molar-refractivity contribution < 1.29 is 0 Å². The number of likely N-dealkylation sites (tertiary alicyclic amines) is 1. The number of thioether (sulfide) groups is 1. The fourth-order valence-corrected chi connectivity index (χ4v) is 5.47. The number of hydrogen-bond donors (Lipinski definition) is 0. The molecule has 0 bridgehead atoms. The molecule has 1 aliphatic heterocycles. The van der Waals surface area contributed by atoms with Crippen LogP contribution < -0.4 is 0 Å². The van der Waals surface area contributed by atoms with Crippen molar-refractivity contribution in [2.24, 2.45) is 5.92 Å². The lowest BCUT2D eigenvalue weighted by Gasteiger charge is -2.38. The summed E-state index contributed by atoms with van der Waals surface area (Å²) in [7, 11) is 0. The normalized spacial score (nSPS) is 19.2. The van der Waals surface area contributed by atoms with Gasteiger partial charge in [0.1, 0.15) is 0 Å². The second-order valence-electron chi connectivity index (χ2n) is 8.80. The first-order chi connectivity index (χ1) is 14.3. The van der Waals surface area contributed by atoms with E-state index < -0.39 is 0 Å². The van der Waals surface area contributed by atoms with Gasteiger partial charge in [-0.05, 0) is 80.3 Å². The first kappa shape index (κ1) is 20.9. The maximum absolute atomic E-state index is 4.33. The van der Waals surface area contributed by atoms with Gasteiger partial charge >= 0.3 is 0 Å². The van der Waals surface area contributed by atoms with Gasteiger partial charge in [0.05, 0.1) is 0 Å². The molecule has 2 aliphatic rings. The molecule has 0 radical (unpaired) electrons. The summed E-state index contributed by atoms with van der Waals surface area (Å²) in [5, 5.41) is 0. The molecule has 4 heteroatoms. The molecule has 2 fully saturated rings. The Labute approximate surface area is 180 Å². The van der Waals surface area contributed by atoms with E-state index in [0.717, 1.165) is 25.0 Å². The third kappa shape index (κ3) is 6.07. The molecule has 4 rings (SSSR count). The van der Waals surface area contributed by atoms with Gasteiger partial charge in [-0.15, -0.1) is 11.8 Å². The molecule has 1 aliphatic carbocycles. The van der Waals surface area contributed by atoms with Crippen LogP contribution in [0.5, 0.6) is 0 Å². The fraction of sp³-hybridized carbons (Fsp3) is 0.560. The summed E-state index contributed by atoms with van der Waals surface area (Å²) in [6.45, 7) is 5.81. The Balaban J connectivity index is 1.36. The number of piperidine rings is 1.